The fourth-order valence-electron chi connectivity index (χ4n) is 5.99. The van der Waals surface area contributed by atoms with E-state index in [0.717, 1.165) is 43.4 Å². The molecule has 3 heterocycles. The molecule has 0 spiro atoms. The van der Waals surface area contributed by atoms with Gasteiger partial charge in [-0.15, -0.1) is 0 Å². The summed E-state index contributed by atoms with van der Waals surface area (Å²) in [5.74, 6) is 2.94. The molecule has 0 N–H and O–H groups in total. The van der Waals surface area contributed by atoms with Gasteiger partial charge in [-0.1, -0.05) is 18.6 Å². The number of likely N-dealkylation sites (tertiary alicyclic amines) is 1. The maximum absolute atomic E-state index is 6.24. The highest BCUT2D eigenvalue weighted by Crippen LogP contribution is 2.46. The van der Waals surface area contributed by atoms with Crippen LogP contribution in [0.4, 0.5) is 0 Å². The van der Waals surface area contributed by atoms with Crippen molar-refractivity contribution in [2.24, 2.45) is 0 Å². The summed E-state index contributed by atoms with van der Waals surface area (Å²) >= 11 is 0. The smallest absolute Gasteiger partial charge is 0.161 e. The summed E-state index contributed by atoms with van der Waals surface area (Å²) < 4.78 is 17.3. The summed E-state index contributed by atoms with van der Waals surface area (Å²) in [6, 6.07) is 13.7. The minimum absolute atomic E-state index is 0.335. The van der Waals surface area contributed by atoms with Crippen molar-refractivity contribution >= 4 is 0 Å². The molecule has 2 aromatic carbocycles. The Morgan fingerprint density at radius 2 is 1.70 bits per heavy atom. The lowest BCUT2D eigenvalue weighted by atomic mass is 9.81. The fraction of sp³-hybridized carbons (Fsp3) is 0.571. The maximum atomic E-state index is 6.24. The van der Waals surface area contributed by atoms with Gasteiger partial charge in [0.15, 0.2) is 11.5 Å². The van der Waals surface area contributed by atoms with Crippen LogP contribution in [0, 0.1) is 0 Å². The Bertz CT molecular complexity index is 941. The Labute approximate surface area is 198 Å². The van der Waals surface area contributed by atoms with Gasteiger partial charge in [0.2, 0.25) is 0 Å². The van der Waals surface area contributed by atoms with Crippen LogP contribution in [0.5, 0.6) is 17.2 Å². The predicted molar refractivity (Wildman–Crippen MR) is 132 cm³/mol. The number of nitrogens with zero attached hydrogens (tertiary/aromatic N) is 2. The van der Waals surface area contributed by atoms with Crippen LogP contribution in [0.15, 0.2) is 36.4 Å². The Balaban J connectivity index is 1.33. The second kappa shape index (κ2) is 10.4. The Morgan fingerprint density at radius 1 is 0.848 bits per heavy atom. The van der Waals surface area contributed by atoms with Crippen molar-refractivity contribution in [2.45, 2.75) is 50.5 Å². The summed E-state index contributed by atoms with van der Waals surface area (Å²) in [6.07, 6.45) is 7.70. The van der Waals surface area contributed by atoms with Gasteiger partial charge in [-0.25, -0.2) is 0 Å². The lowest BCUT2D eigenvalue weighted by Gasteiger charge is -2.38. The van der Waals surface area contributed by atoms with Crippen LogP contribution in [-0.4, -0.2) is 63.4 Å². The van der Waals surface area contributed by atoms with Crippen molar-refractivity contribution in [2.75, 3.05) is 53.6 Å². The zero-order chi connectivity index (χ0) is 22.6. The van der Waals surface area contributed by atoms with Gasteiger partial charge in [0.1, 0.15) is 5.75 Å². The standard InChI is InChI=1S/C28H38N2O3/c1-31-27-12-9-21(18-28(27)32-2)25-20-30-16-6-8-26(30)24-19-22(10-11-23(24)25)33-17-7-15-29-13-4-3-5-14-29/h9-12,18-19,25-26H,3-8,13-17,20H2,1-2H3/t25-,26+/m0/s1. The third-order valence-corrected chi connectivity index (χ3v) is 7.72. The van der Waals surface area contributed by atoms with Gasteiger partial charge >= 0.3 is 0 Å². The number of ether oxygens (including phenoxy) is 3. The number of hydrogen-bond donors (Lipinski definition) is 0. The minimum Gasteiger partial charge on any atom is -0.494 e. The molecule has 0 saturated carbocycles. The molecule has 0 unspecified atom stereocenters. The zero-order valence-corrected chi connectivity index (χ0v) is 20.2. The van der Waals surface area contributed by atoms with E-state index in [2.05, 4.69) is 40.1 Å². The van der Waals surface area contributed by atoms with Crippen molar-refractivity contribution in [3.05, 3.63) is 53.1 Å². The quantitative estimate of drug-likeness (QED) is 0.514. The van der Waals surface area contributed by atoms with E-state index in [4.69, 9.17) is 14.2 Å². The van der Waals surface area contributed by atoms with Gasteiger partial charge in [-0.2, -0.15) is 0 Å². The molecule has 0 aromatic heterocycles. The van der Waals surface area contributed by atoms with E-state index in [0.29, 0.717) is 12.0 Å². The normalized spacial score (nSPS) is 23.1. The first-order valence-corrected chi connectivity index (χ1v) is 12.7. The first-order valence-electron chi connectivity index (χ1n) is 12.7. The molecule has 0 aliphatic carbocycles. The lowest BCUT2D eigenvalue weighted by Crippen LogP contribution is -2.34. The van der Waals surface area contributed by atoms with Crippen LogP contribution in [0.3, 0.4) is 0 Å². The maximum Gasteiger partial charge on any atom is 0.161 e. The molecule has 5 heteroatoms. The molecule has 0 bridgehead atoms. The van der Waals surface area contributed by atoms with Crippen LogP contribution >= 0.6 is 0 Å². The van der Waals surface area contributed by atoms with Gasteiger partial charge in [0.25, 0.3) is 0 Å². The van der Waals surface area contributed by atoms with E-state index in [1.54, 1.807) is 14.2 Å². The summed E-state index contributed by atoms with van der Waals surface area (Å²) in [7, 11) is 3.40. The molecule has 3 aliphatic rings. The number of rotatable bonds is 8. The van der Waals surface area contributed by atoms with Crippen molar-refractivity contribution in [3.63, 3.8) is 0 Å². The Kier molecular flexibility index (Phi) is 7.07. The van der Waals surface area contributed by atoms with Gasteiger partial charge in [0, 0.05) is 25.0 Å². The van der Waals surface area contributed by atoms with Gasteiger partial charge in [0.05, 0.1) is 20.8 Å². The van der Waals surface area contributed by atoms with Crippen molar-refractivity contribution < 1.29 is 14.2 Å². The van der Waals surface area contributed by atoms with E-state index in [-0.39, 0.29) is 0 Å². The average Bonchev–Trinajstić information content (AvgIpc) is 3.35. The monoisotopic (exact) mass is 450 g/mol. The van der Waals surface area contributed by atoms with Crippen LogP contribution in [0.2, 0.25) is 0 Å². The van der Waals surface area contributed by atoms with E-state index < -0.39 is 0 Å². The van der Waals surface area contributed by atoms with Crippen LogP contribution in [0.25, 0.3) is 0 Å². The molecule has 0 radical (unpaired) electrons. The summed E-state index contributed by atoms with van der Waals surface area (Å²) in [5, 5.41) is 0. The SMILES string of the molecule is COc1ccc([C@@H]2CN3CCC[C@@H]3c3cc(OCCCN4CCCCC4)ccc32)cc1OC. The van der Waals surface area contributed by atoms with Gasteiger partial charge < -0.3 is 19.1 Å². The third kappa shape index (κ3) is 4.85. The minimum atomic E-state index is 0.335. The molecule has 0 amide bonds. The van der Waals surface area contributed by atoms with Gasteiger partial charge in [-0.3, -0.25) is 4.90 Å². The number of methoxy groups -OCH3 is 2. The Hall–Kier alpha value is -2.24. The third-order valence-electron chi connectivity index (χ3n) is 7.72. The molecule has 5 rings (SSSR count). The van der Waals surface area contributed by atoms with Crippen molar-refractivity contribution in [1.82, 2.24) is 9.80 Å². The number of fused-ring (bicyclic) bond motifs is 3. The highest BCUT2D eigenvalue weighted by molar-refractivity contribution is 5.50. The second-order valence-corrected chi connectivity index (χ2v) is 9.72. The first kappa shape index (κ1) is 22.5. The highest BCUT2D eigenvalue weighted by atomic mass is 16.5. The molecule has 178 valence electrons. The predicted octanol–water partition coefficient (Wildman–Crippen LogP) is 5.24. The molecular formula is C28H38N2O3. The molecule has 2 fully saturated rings. The number of hydrogen-bond acceptors (Lipinski definition) is 5. The lowest BCUT2D eigenvalue weighted by molar-refractivity contribution is 0.204. The summed E-state index contributed by atoms with van der Waals surface area (Å²) in [4.78, 5) is 5.24. The molecule has 2 atom stereocenters. The van der Waals surface area contributed by atoms with E-state index in [1.807, 2.05) is 6.07 Å². The first-order chi connectivity index (χ1) is 16.3. The second-order valence-electron chi connectivity index (χ2n) is 9.72. The summed E-state index contributed by atoms with van der Waals surface area (Å²) in [5.41, 5.74) is 4.17. The van der Waals surface area contributed by atoms with Crippen molar-refractivity contribution in [3.8, 4) is 17.2 Å². The highest BCUT2D eigenvalue weighted by Gasteiger charge is 2.37. The Morgan fingerprint density at radius 3 is 2.52 bits per heavy atom. The van der Waals surface area contributed by atoms with E-state index in [1.165, 1.54) is 68.4 Å². The number of benzene rings is 2. The van der Waals surface area contributed by atoms with Gasteiger partial charge in [-0.05, 0) is 92.7 Å². The average molecular weight is 451 g/mol. The van der Waals surface area contributed by atoms with Crippen LogP contribution < -0.4 is 14.2 Å². The topological polar surface area (TPSA) is 34.2 Å². The summed E-state index contributed by atoms with van der Waals surface area (Å²) in [6.45, 7) is 6.70. The number of piperidine rings is 1. The largest absolute Gasteiger partial charge is 0.494 e. The van der Waals surface area contributed by atoms with Crippen molar-refractivity contribution in [1.29, 1.82) is 0 Å². The van der Waals surface area contributed by atoms with E-state index in [9.17, 15) is 0 Å². The molecule has 2 saturated heterocycles. The van der Waals surface area contributed by atoms with Crippen LogP contribution in [-0.2, 0) is 0 Å². The molecule has 5 nitrogen and oxygen atoms in total. The molecule has 2 aromatic rings. The fourth-order valence-corrected chi connectivity index (χ4v) is 5.99. The van der Waals surface area contributed by atoms with E-state index >= 15 is 0 Å². The molecule has 33 heavy (non-hydrogen) atoms. The van der Waals surface area contributed by atoms with Crippen LogP contribution in [0.1, 0.15) is 67.2 Å². The molecule has 3 aliphatic heterocycles. The molecular weight excluding hydrogens is 412 g/mol. The zero-order valence-electron chi connectivity index (χ0n) is 20.2.